The van der Waals surface area contributed by atoms with Crippen molar-refractivity contribution >= 4 is 16.7 Å². The molecule has 220 valence electrons. The van der Waals surface area contributed by atoms with Crippen LogP contribution in [0.1, 0.15) is 60.2 Å². The minimum Gasteiger partial charge on any atom is -0.300 e. The molecule has 0 spiro atoms. The quantitative estimate of drug-likeness (QED) is 0.195. The van der Waals surface area contributed by atoms with Crippen molar-refractivity contribution < 1.29 is 0 Å². The molecule has 5 nitrogen and oxygen atoms in total. The molecule has 1 fully saturated rings. The predicted molar refractivity (Wildman–Crippen MR) is 182 cm³/mol. The standard InChI is InChI=1S/C40H35N5/c1-40(2)32-18-10-9-17-30(32)31-25-44-33-19-11-12-20-34(33)45(39(44)35(31)40)29-23-21-28(22-24-29)38-42-36(26-13-5-3-6-14-26)41-37(43-38)27-15-7-4-8-16-27/h3-25,36-38,41-43H,1-2H3. The molecule has 45 heavy (non-hydrogen) atoms. The summed E-state index contributed by atoms with van der Waals surface area (Å²) in [5.74, 6) is 0. The smallest absolute Gasteiger partial charge is 0.127 e. The van der Waals surface area contributed by atoms with Crippen molar-refractivity contribution in [1.29, 1.82) is 0 Å². The molecule has 2 atom stereocenters. The first-order valence-electron chi connectivity index (χ1n) is 15.8. The lowest BCUT2D eigenvalue weighted by Crippen LogP contribution is -2.54. The minimum absolute atomic E-state index is 0.00233. The van der Waals surface area contributed by atoms with Crippen molar-refractivity contribution in [2.45, 2.75) is 37.8 Å². The predicted octanol–water partition coefficient (Wildman–Crippen LogP) is 8.37. The molecule has 0 saturated carbocycles. The van der Waals surface area contributed by atoms with E-state index in [2.05, 4.69) is 178 Å². The summed E-state index contributed by atoms with van der Waals surface area (Å²) in [5, 5.41) is 11.4. The second-order valence-electron chi connectivity index (χ2n) is 12.8. The SMILES string of the molecule is CC1(C)c2ccccc2-c2cn3c4ccccc4n(-c4ccc(C5NC(c6ccccc6)NC(c6ccccc6)N5)cc4)c3c21. The molecule has 5 heteroatoms. The number of benzene rings is 5. The Kier molecular flexibility index (Phi) is 5.91. The van der Waals surface area contributed by atoms with Crippen molar-refractivity contribution in [3.63, 3.8) is 0 Å². The Morgan fingerprint density at radius 3 is 1.64 bits per heavy atom. The van der Waals surface area contributed by atoms with Crippen molar-refractivity contribution in [2.75, 3.05) is 0 Å². The number of fused-ring (bicyclic) bond motifs is 7. The van der Waals surface area contributed by atoms with Gasteiger partial charge in [-0.25, -0.2) is 0 Å². The lowest BCUT2D eigenvalue weighted by atomic mass is 9.83. The molecule has 2 unspecified atom stereocenters. The van der Waals surface area contributed by atoms with E-state index in [-0.39, 0.29) is 23.9 Å². The zero-order chi connectivity index (χ0) is 30.1. The average Bonchev–Trinajstić information content (AvgIpc) is 3.71. The molecule has 7 aromatic rings. The average molecular weight is 586 g/mol. The number of nitrogens with zero attached hydrogens (tertiary/aromatic N) is 2. The number of hydrogen-bond acceptors (Lipinski definition) is 3. The number of aromatic nitrogens is 2. The lowest BCUT2D eigenvalue weighted by molar-refractivity contribution is 0.203. The molecule has 0 radical (unpaired) electrons. The van der Waals surface area contributed by atoms with Crippen LogP contribution in [0.15, 0.2) is 140 Å². The van der Waals surface area contributed by atoms with Crippen LogP contribution in [-0.2, 0) is 5.41 Å². The molecule has 9 rings (SSSR count). The van der Waals surface area contributed by atoms with E-state index in [1.54, 1.807) is 0 Å². The van der Waals surface area contributed by atoms with E-state index in [9.17, 15) is 0 Å². The van der Waals surface area contributed by atoms with Crippen LogP contribution in [0.2, 0.25) is 0 Å². The highest BCUT2D eigenvalue weighted by atomic mass is 15.4. The van der Waals surface area contributed by atoms with Gasteiger partial charge in [0.2, 0.25) is 0 Å². The summed E-state index contributed by atoms with van der Waals surface area (Å²) in [5.41, 5.74) is 13.8. The summed E-state index contributed by atoms with van der Waals surface area (Å²) in [6.45, 7) is 4.73. The van der Waals surface area contributed by atoms with E-state index in [1.807, 2.05) is 0 Å². The second kappa shape index (κ2) is 10.0. The van der Waals surface area contributed by atoms with Gasteiger partial charge in [0.25, 0.3) is 0 Å². The van der Waals surface area contributed by atoms with Crippen LogP contribution in [0.3, 0.4) is 0 Å². The molecular formula is C40H35N5. The maximum atomic E-state index is 3.82. The normalized spacial score (nSPS) is 20.4. The van der Waals surface area contributed by atoms with Crippen LogP contribution in [0.5, 0.6) is 0 Å². The summed E-state index contributed by atoms with van der Waals surface area (Å²) in [7, 11) is 0. The van der Waals surface area contributed by atoms with Gasteiger partial charge in [-0.05, 0) is 52.1 Å². The number of rotatable bonds is 4. The van der Waals surface area contributed by atoms with Gasteiger partial charge in [-0.1, -0.05) is 123 Å². The van der Waals surface area contributed by atoms with Crippen LogP contribution in [0.25, 0.3) is 33.5 Å². The van der Waals surface area contributed by atoms with E-state index in [1.165, 1.54) is 55.6 Å². The molecule has 1 aliphatic carbocycles. The van der Waals surface area contributed by atoms with Gasteiger partial charge in [0.15, 0.2) is 0 Å². The van der Waals surface area contributed by atoms with Crippen LogP contribution in [0, 0.1) is 0 Å². The third-order valence-corrected chi connectivity index (χ3v) is 9.84. The van der Waals surface area contributed by atoms with Gasteiger partial charge in [0, 0.05) is 28.4 Å². The minimum atomic E-state index is -0.103. The van der Waals surface area contributed by atoms with Crippen molar-refractivity contribution in [1.82, 2.24) is 24.9 Å². The maximum absolute atomic E-state index is 3.82. The molecule has 0 amide bonds. The molecule has 1 aliphatic heterocycles. The van der Waals surface area contributed by atoms with Crippen LogP contribution in [0.4, 0.5) is 0 Å². The molecule has 0 bridgehead atoms. The van der Waals surface area contributed by atoms with Gasteiger partial charge in [0.1, 0.15) is 5.65 Å². The summed E-state index contributed by atoms with van der Waals surface area (Å²) in [6.07, 6.45) is 2.31. The Hall–Kier alpha value is -4.94. The summed E-state index contributed by atoms with van der Waals surface area (Å²) in [4.78, 5) is 0. The molecule has 2 aromatic heterocycles. The Morgan fingerprint density at radius 1 is 0.511 bits per heavy atom. The number of hydrogen-bond donors (Lipinski definition) is 3. The monoisotopic (exact) mass is 585 g/mol. The van der Waals surface area contributed by atoms with E-state index in [4.69, 9.17) is 0 Å². The maximum Gasteiger partial charge on any atom is 0.127 e. The fourth-order valence-corrected chi connectivity index (χ4v) is 7.68. The lowest BCUT2D eigenvalue weighted by Gasteiger charge is -2.39. The van der Waals surface area contributed by atoms with Crippen LogP contribution < -0.4 is 16.0 Å². The number of para-hydroxylation sites is 2. The fourth-order valence-electron chi connectivity index (χ4n) is 7.68. The molecule has 5 aromatic carbocycles. The Balaban J connectivity index is 1.14. The van der Waals surface area contributed by atoms with Gasteiger partial charge in [-0.15, -0.1) is 0 Å². The van der Waals surface area contributed by atoms with Gasteiger partial charge in [0.05, 0.1) is 29.5 Å². The van der Waals surface area contributed by atoms with Gasteiger partial charge in [-0.3, -0.25) is 24.9 Å². The van der Waals surface area contributed by atoms with Crippen LogP contribution in [-0.4, -0.2) is 8.97 Å². The van der Waals surface area contributed by atoms with E-state index >= 15 is 0 Å². The molecule has 3 N–H and O–H groups in total. The molecular weight excluding hydrogens is 550 g/mol. The van der Waals surface area contributed by atoms with Gasteiger partial charge in [-0.2, -0.15) is 0 Å². The number of nitrogens with one attached hydrogen (secondary N) is 3. The molecule has 3 heterocycles. The van der Waals surface area contributed by atoms with E-state index < -0.39 is 0 Å². The van der Waals surface area contributed by atoms with Gasteiger partial charge < -0.3 is 0 Å². The third-order valence-electron chi connectivity index (χ3n) is 9.84. The molecule has 1 saturated heterocycles. The highest BCUT2D eigenvalue weighted by Gasteiger charge is 2.40. The Morgan fingerprint density at radius 2 is 1.02 bits per heavy atom. The molecule has 2 aliphatic rings. The summed E-state index contributed by atoms with van der Waals surface area (Å²) in [6, 6.07) is 48.0. The van der Waals surface area contributed by atoms with E-state index in [0.29, 0.717) is 0 Å². The highest BCUT2D eigenvalue weighted by Crippen LogP contribution is 2.52. The first-order chi connectivity index (χ1) is 22.1. The highest BCUT2D eigenvalue weighted by molar-refractivity contribution is 5.94. The zero-order valence-corrected chi connectivity index (χ0v) is 25.4. The Labute approximate surface area is 263 Å². The first kappa shape index (κ1) is 26.5. The van der Waals surface area contributed by atoms with Crippen molar-refractivity contribution in [3.8, 4) is 16.8 Å². The van der Waals surface area contributed by atoms with Crippen molar-refractivity contribution in [2.24, 2.45) is 0 Å². The first-order valence-corrected chi connectivity index (χ1v) is 15.8. The van der Waals surface area contributed by atoms with E-state index in [0.717, 1.165) is 5.69 Å². The van der Waals surface area contributed by atoms with Crippen molar-refractivity contribution in [3.05, 3.63) is 167 Å². The fraction of sp³-hybridized carbons (Fsp3) is 0.150. The summed E-state index contributed by atoms with van der Waals surface area (Å²) >= 11 is 0. The number of imidazole rings is 1. The van der Waals surface area contributed by atoms with Crippen LogP contribution >= 0.6 is 0 Å². The zero-order valence-electron chi connectivity index (χ0n) is 25.4. The summed E-state index contributed by atoms with van der Waals surface area (Å²) < 4.78 is 4.85. The Bertz CT molecular complexity index is 2130. The largest absolute Gasteiger partial charge is 0.300 e. The second-order valence-corrected chi connectivity index (χ2v) is 12.8. The van der Waals surface area contributed by atoms with Gasteiger partial charge >= 0.3 is 0 Å². The topological polar surface area (TPSA) is 45.4 Å². The third kappa shape index (κ3) is 4.05.